The summed E-state index contributed by atoms with van der Waals surface area (Å²) in [4.78, 5) is 0. The Labute approximate surface area is 132 Å². The lowest BCUT2D eigenvalue weighted by molar-refractivity contribution is 0.242. The zero-order valence-corrected chi connectivity index (χ0v) is 13.6. The molecule has 0 amide bonds. The second kappa shape index (κ2) is 7.42. The topological polar surface area (TPSA) is 55.4 Å². The summed E-state index contributed by atoms with van der Waals surface area (Å²) in [5.41, 5.74) is 1.64. The molecule has 2 aromatic carbocycles. The van der Waals surface area contributed by atoms with Crippen LogP contribution < -0.4 is 9.46 Å². The summed E-state index contributed by atoms with van der Waals surface area (Å²) < 4.78 is 32.4. The molecule has 0 atom stereocenters. The van der Waals surface area contributed by atoms with Crippen LogP contribution in [0.1, 0.15) is 25.0 Å². The van der Waals surface area contributed by atoms with Crippen molar-refractivity contribution in [2.75, 3.05) is 0 Å². The van der Waals surface area contributed by atoms with Gasteiger partial charge in [-0.1, -0.05) is 42.5 Å². The maximum Gasteiger partial charge on any atom is 0.216 e. The molecule has 0 bridgehead atoms. The van der Waals surface area contributed by atoms with Crippen molar-refractivity contribution in [1.29, 1.82) is 0 Å². The van der Waals surface area contributed by atoms with E-state index in [0.717, 1.165) is 16.9 Å². The largest absolute Gasteiger partial charge is 0.491 e. The summed E-state index contributed by atoms with van der Waals surface area (Å²) in [5, 5.41) is 0. The number of ether oxygens (including phenoxy) is 1. The lowest BCUT2D eigenvalue weighted by Crippen LogP contribution is -2.24. The van der Waals surface area contributed by atoms with E-state index >= 15 is 0 Å². The van der Waals surface area contributed by atoms with Crippen molar-refractivity contribution in [3.63, 3.8) is 0 Å². The Kier molecular flexibility index (Phi) is 5.57. The van der Waals surface area contributed by atoms with Crippen molar-refractivity contribution < 1.29 is 13.2 Å². The van der Waals surface area contributed by atoms with Gasteiger partial charge in [-0.05, 0) is 37.1 Å². The molecular formula is C17H21NO3S. The van der Waals surface area contributed by atoms with Gasteiger partial charge in [0.15, 0.2) is 0 Å². The van der Waals surface area contributed by atoms with Crippen LogP contribution in [0.3, 0.4) is 0 Å². The summed E-state index contributed by atoms with van der Waals surface area (Å²) in [6.07, 6.45) is 0.0880. The molecule has 1 N–H and O–H groups in total. The van der Waals surface area contributed by atoms with E-state index in [0.29, 0.717) is 0 Å². The first-order chi connectivity index (χ1) is 10.4. The summed E-state index contributed by atoms with van der Waals surface area (Å²) in [6.45, 7) is 4.16. The van der Waals surface area contributed by atoms with E-state index in [-0.39, 0.29) is 18.4 Å². The van der Waals surface area contributed by atoms with Crippen molar-refractivity contribution in [3.05, 3.63) is 65.7 Å². The molecule has 5 heteroatoms. The van der Waals surface area contributed by atoms with Gasteiger partial charge in [-0.25, -0.2) is 13.1 Å². The zero-order valence-electron chi connectivity index (χ0n) is 12.8. The number of benzene rings is 2. The molecule has 0 unspecified atom stereocenters. The van der Waals surface area contributed by atoms with Crippen LogP contribution in [-0.2, 0) is 22.3 Å². The van der Waals surface area contributed by atoms with Gasteiger partial charge in [0.1, 0.15) is 5.75 Å². The minimum absolute atomic E-state index is 0.0178. The van der Waals surface area contributed by atoms with Gasteiger partial charge in [-0.2, -0.15) is 0 Å². The van der Waals surface area contributed by atoms with Gasteiger partial charge in [-0.3, -0.25) is 0 Å². The average Bonchev–Trinajstić information content (AvgIpc) is 2.46. The fourth-order valence-electron chi connectivity index (χ4n) is 2.04. The van der Waals surface area contributed by atoms with E-state index in [2.05, 4.69) is 4.72 Å². The van der Waals surface area contributed by atoms with Crippen LogP contribution >= 0.6 is 0 Å². The van der Waals surface area contributed by atoms with Crippen LogP contribution in [0.2, 0.25) is 0 Å². The molecule has 22 heavy (non-hydrogen) atoms. The second-order valence-corrected chi connectivity index (χ2v) is 7.19. The molecule has 0 fully saturated rings. The van der Waals surface area contributed by atoms with E-state index < -0.39 is 10.0 Å². The van der Waals surface area contributed by atoms with Crippen molar-refractivity contribution in [2.45, 2.75) is 32.2 Å². The van der Waals surface area contributed by atoms with Gasteiger partial charge in [0.25, 0.3) is 0 Å². The molecule has 118 valence electrons. The number of rotatable bonds is 7. The number of nitrogens with one attached hydrogen (secondary N) is 1. The molecule has 0 heterocycles. The summed E-state index contributed by atoms with van der Waals surface area (Å²) >= 11 is 0. The van der Waals surface area contributed by atoms with Crippen molar-refractivity contribution in [2.24, 2.45) is 0 Å². The van der Waals surface area contributed by atoms with E-state index in [4.69, 9.17) is 4.74 Å². The average molecular weight is 319 g/mol. The van der Waals surface area contributed by atoms with Crippen LogP contribution in [0, 0.1) is 0 Å². The molecule has 0 radical (unpaired) electrons. The summed E-state index contributed by atoms with van der Waals surface area (Å²) in [7, 11) is -3.36. The lowest BCUT2D eigenvalue weighted by atomic mass is 10.2. The Morgan fingerprint density at radius 3 is 2.36 bits per heavy atom. The molecule has 0 spiro atoms. The Morgan fingerprint density at radius 2 is 1.68 bits per heavy atom. The maximum absolute atomic E-state index is 12.1. The highest BCUT2D eigenvalue weighted by molar-refractivity contribution is 7.88. The first-order valence-corrected chi connectivity index (χ1v) is 8.87. The van der Waals surface area contributed by atoms with Gasteiger partial charge in [0.2, 0.25) is 10.0 Å². The van der Waals surface area contributed by atoms with Crippen LogP contribution in [0.25, 0.3) is 0 Å². The van der Waals surface area contributed by atoms with Crippen LogP contribution in [0.15, 0.2) is 54.6 Å². The molecule has 2 rings (SSSR count). The Bertz CT molecular complexity index is 697. The smallest absolute Gasteiger partial charge is 0.216 e. The minimum Gasteiger partial charge on any atom is -0.491 e. The third-order valence-electron chi connectivity index (χ3n) is 2.97. The molecular weight excluding hydrogens is 298 g/mol. The van der Waals surface area contributed by atoms with Crippen LogP contribution in [0.4, 0.5) is 0 Å². The summed E-state index contributed by atoms with van der Waals surface area (Å²) in [6, 6.07) is 16.6. The van der Waals surface area contributed by atoms with Gasteiger partial charge < -0.3 is 4.74 Å². The molecule has 0 saturated heterocycles. The molecule has 0 aliphatic rings. The predicted octanol–water partition coefficient (Wildman–Crippen LogP) is 3.09. The highest BCUT2D eigenvalue weighted by atomic mass is 32.2. The maximum atomic E-state index is 12.1. The van der Waals surface area contributed by atoms with Crippen LogP contribution in [0.5, 0.6) is 5.75 Å². The normalized spacial score (nSPS) is 11.6. The predicted molar refractivity (Wildman–Crippen MR) is 88.1 cm³/mol. The quantitative estimate of drug-likeness (QED) is 0.853. The Balaban J connectivity index is 1.97. The molecule has 0 saturated carbocycles. The zero-order chi connectivity index (χ0) is 16.0. The van der Waals surface area contributed by atoms with E-state index in [1.54, 1.807) is 12.1 Å². The Hall–Kier alpha value is -1.85. The second-order valence-electron chi connectivity index (χ2n) is 5.38. The number of sulfonamides is 1. The molecule has 0 aliphatic carbocycles. The first-order valence-electron chi connectivity index (χ1n) is 7.21. The lowest BCUT2D eigenvalue weighted by Gasteiger charge is -2.11. The monoisotopic (exact) mass is 319 g/mol. The van der Waals surface area contributed by atoms with E-state index in [1.165, 1.54) is 0 Å². The van der Waals surface area contributed by atoms with Crippen molar-refractivity contribution in [3.8, 4) is 5.75 Å². The molecule has 4 nitrogen and oxygen atoms in total. The Morgan fingerprint density at radius 1 is 1.00 bits per heavy atom. The molecule has 0 aromatic heterocycles. The highest BCUT2D eigenvalue weighted by Gasteiger charge is 2.11. The SMILES string of the molecule is CC(C)Oc1cccc(CNS(=O)(=O)Cc2ccccc2)c1. The van der Waals surface area contributed by atoms with Gasteiger partial charge in [-0.15, -0.1) is 0 Å². The minimum atomic E-state index is -3.36. The van der Waals surface area contributed by atoms with Gasteiger partial charge in [0.05, 0.1) is 11.9 Å². The van der Waals surface area contributed by atoms with E-state index in [9.17, 15) is 8.42 Å². The third kappa shape index (κ3) is 5.50. The van der Waals surface area contributed by atoms with Gasteiger partial charge >= 0.3 is 0 Å². The third-order valence-corrected chi connectivity index (χ3v) is 4.26. The van der Waals surface area contributed by atoms with Gasteiger partial charge in [0, 0.05) is 6.54 Å². The van der Waals surface area contributed by atoms with Crippen molar-refractivity contribution >= 4 is 10.0 Å². The number of hydrogen-bond donors (Lipinski definition) is 1. The standard InChI is InChI=1S/C17H21NO3S/c1-14(2)21-17-10-6-9-16(11-17)12-18-22(19,20)13-15-7-4-3-5-8-15/h3-11,14,18H,12-13H2,1-2H3. The fraction of sp³-hybridized carbons (Fsp3) is 0.294. The molecule has 0 aliphatic heterocycles. The first kappa shape index (κ1) is 16.5. The molecule has 2 aromatic rings. The highest BCUT2D eigenvalue weighted by Crippen LogP contribution is 2.15. The summed E-state index contributed by atoms with van der Waals surface area (Å²) in [5.74, 6) is 0.727. The van der Waals surface area contributed by atoms with E-state index in [1.807, 2.05) is 56.3 Å². The van der Waals surface area contributed by atoms with Crippen molar-refractivity contribution in [1.82, 2.24) is 4.72 Å². The number of hydrogen-bond acceptors (Lipinski definition) is 3. The van der Waals surface area contributed by atoms with Crippen LogP contribution in [-0.4, -0.2) is 14.5 Å². The fourth-order valence-corrected chi connectivity index (χ4v) is 3.16.